The predicted molar refractivity (Wildman–Crippen MR) is 153 cm³/mol. The van der Waals surface area contributed by atoms with E-state index in [0.717, 1.165) is 16.5 Å². The number of nitrogens with two attached hydrogens (primary N) is 2. The number of benzene rings is 1. The molecule has 4 amide bonds. The molecule has 4 atom stereocenters. The molecule has 12 nitrogen and oxygen atoms in total. The number of H-pyrrole nitrogens is 1. The molecular weight excluding hydrogens is 544 g/mol. The molecule has 9 N–H and O–H groups in total. The number of fused-ring (bicyclic) bond motifs is 1. The lowest BCUT2D eigenvalue weighted by atomic mass is 10.0. The minimum Gasteiger partial charge on any atom is -0.480 e. The highest BCUT2D eigenvalue weighted by Crippen LogP contribution is 2.19. The zero-order valence-corrected chi connectivity index (χ0v) is 23.5. The molecule has 1 heterocycles. The molecule has 2 rings (SSSR count). The Balaban J connectivity index is 2.11. The van der Waals surface area contributed by atoms with Crippen molar-refractivity contribution in [2.24, 2.45) is 11.5 Å². The fourth-order valence-corrected chi connectivity index (χ4v) is 4.81. The van der Waals surface area contributed by atoms with Gasteiger partial charge in [0.15, 0.2) is 0 Å². The Labute approximate surface area is 235 Å². The van der Waals surface area contributed by atoms with Crippen molar-refractivity contribution in [3.63, 3.8) is 0 Å². The third-order valence-corrected chi connectivity index (χ3v) is 7.25. The second-order valence-electron chi connectivity index (χ2n) is 8.93. The van der Waals surface area contributed by atoms with E-state index in [4.69, 9.17) is 11.5 Å². The summed E-state index contributed by atoms with van der Waals surface area (Å²) in [6.45, 7) is 0. The summed E-state index contributed by atoms with van der Waals surface area (Å²) in [6, 6.07) is 3.13. The smallest absolute Gasteiger partial charge is 0.326 e. The lowest BCUT2D eigenvalue weighted by molar-refractivity contribution is -0.143. The zero-order valence-electron chi connectivity index (χ0n) is 21.9. The maximum absolute atomic E-state index is 13.2. The van der Waals surface area contributed by atoms with Crippen LogP contribution in [-0.4, -0.2) is 87.9 Å². The first-order valence-electron chi connectivity index (χ1n) is 12.3. The molecule has 0 aliphatic rings. The molecule has 0 bridgehead atoms. The topological polar surface area (TPSA) is 209 Å². The molecule has 39 heavy (non-hydrogen) atoms. The molecule has 0 radical (unpaired) electrons. The molecule has 0 fully saturated rings. The van der Waals surface area contributed by atoms with Crippen molar-refractivity contribution in [2.75, 3.05) is 24.0 Å². The van der Waals surface area contributed by atoms with Gasteiger partial charge in [-0.2, -0.15) is 23.5 Å². The quantitative estimate of drug-likeness (QED) is 0.134. The average molecular weight is 581 g/mol. The van der Waals surface area contributed by atoms with E-state index in [9.17, 15) is 29.1 Å². The summed E-state index contributed by atoms with van der Waals surface area (Å²) in [4.78, 5) is 64.9. The average Bonchev–Trinajstić information content (AvgIpc) is 3.30. The Morgan fingerprint density at radius 3 is 1.97 bits per heavy atom. The highest BCUT2D eigenvalue weighted by molar-refractivity contribution is 7.98. The van der Waals surface area contributed by atoms with Gasteiger partial charge in [-0.05, 0) is 54.9 Å². The lowest BCUT2D eigenvalue weighted by Crippen LogP contribution is -2.57. The molecule has 1 aromatic carbocycles. The molecule has 0 spiro atoms. The van der Waals surface area contributed by atoms with Crippen LogP contribution in [0.1, 0.15) is 24.8 Å². The van der Waals surface area contributed by atoms with Gasteiger partial charge >= 0.3 is 5.97 Å². The van der Waals surface area contributed by atoms with E-state index in [1.54, 1.807) is 6.20 Å². The second-order valence-corrected chi connectivity index (χ2v) is 10.9. The van der Waals surface area contributed by atoms with Crippen molar-refractivity contribution in [3.05, 3.63) is 36.0 Å². The molecule has 1 aromatic heterocycles. The van der Waals surface area contributed by atoms with Crippen LogP contribution in [0.4, 0.5) is 0 Å². The highest BCUT2D eigenvalue weighted by atomic mass is 32.2. The molecule has 4 unspecified atom stereocenters. The van der Waals surface area contributed by atoms with Gasteiger partial charge in [0.05, 0.1) is 12.5 Å². The molecular formula is C25H36N6O6S2. The first kappa shape index (κ1) is 32.0. The van der Waals surface area contributed by atoms with Gasteiger partial charge in [0.25, 0.3) is 0 Å². The fourth-order valence-electron chi connectivity index (χ4n) is 3.86. The minimum atomic E-state index is -1.53. The maximum Gasteiger partial charge on any atom is 0.326 e. The van der Waals surface area contributed by atoms with E-state index < -0.39 is 60.2 Å². The molecule has 0 saturated heterocycles. The molecule has 0 aliphatic heterocycles. The number of carboxylic acids is 1. The summed E-state index contributed by atoms with van der Waals surface area (Å²) < 4.78 is 0. The number of aromatic amines is 1. The minimum absolute atomic E-state index is 0.199. The van der Waals surface area contributed by atoms with Gasteiger partial charge < -0.3 is 37.5 Å². The third-order valence-electron chi connectivity index (χ3n) is 5.96. The second kappa shape index (κ2) is 16.0. The Hall–Kier alpha value is -3.23. The largest absolute Gasteiger partial charge is 0.480 e. The number of carboxylic acid groups (broad SMARTS) is 1. The summed E-state index contributed by atoms with van der Waals surface area (Å²) in [6.07, 6.45) is 5.62. The Morgan fingerprint density at radius 1 is 0.897 bits per heavy atom. The van der Waals surface area contributed by atoms with E-state index in [1.165, 1.54) is 23.5 Å². The Morgan fingerprint density at radius 2 is 1.44 bits per heavy atom. The van der Waals surface area contributed by atoms with Crippen LogP contribution < -0.4 is 27.4 Å². The van der Waals surface area contributed by atoms with Gasteiger partial charge in [-0.1, -0.05) is 18.2 Å². The number of thioether (sulfide) groups is 2. The third kappa shape index (κ3) is 10.1. The number of primary amides is 1. The van der Waals surface area contributed by atoms with Crippen molar-refractivity contribution < 1.29 is 29.1 Å². The van der Waals surface area contributed by atoms with Crippen molar-refractivity contribution in [1.29, 1.82) is 0 Å². The number of hydrogen-bond acceptors (Lipinski definition) is 8. The van der Waals surface area contributed by atoms with Gasteiger partial charge in [0.2, 0.25) is 23.6 Å². The number of amides is 4. The SMILES string of the molecule is CSCCC(NC(=O)C(N)Cc1c[nH]c2ccccc12)C(=O)NC(CCSC)C(=O)NC(CC(N)=O)C(=O)O. The van der Waals surface area contributed by atoms with Crippen LogP contribution >= 0.6 is 23.5 Å². The first-order valence-corrected chi connectivity index (χ1v) is 15.1. The maximum atomic E-state index is 13.2. The van der Waals surface area contributed by atoms with Crippen LogP contribution in [0.25, 0.3) is 10.9 Å². The number of nitrogens with one attached hydrogen (secondary N) is 4. The van der Waals surface area contributed by atoms with Crippen LogP contribution in [0.3, 0.4) is 0 Å². The summed E-state index contributed by atoms with van der Waals surface area (Å²) in [5.41, 5.74) is 13.1. The molecule has 214 valence electrons. The number of hydrogen-bond donors (Lipinski definition) is 7. The monoisotopic (exact) mass is 580 g/mol. The first-order chi connectivity index (χ1) is 18.6. The van der Waals surface area contributed by atoms with E-state index in [0.29, 0.717) is 11.5 Å². The normalized spacial score (nSPS) is 14.1. The number of rotatable bonds is 17. The lowest BCUT2D eigenvalue weighted by Gasteiger charge is -2.25. The number of carbonyl (C=O) groups is 5. The molecule has 0 saturated carbocycles. The van der Waals surface area contributed by atoms with Crippen LogP contribution in [0.15, 0.2) is 30.5 Å². The van der Waals surface area contributed by atoms with Gasteiger partial charge in [0, 0.05) is 17.1 Å². The fraction of sp³-hybridized carbons (Fsp3) is 0.480. The standard InChI is InChI=1S/C25H36N6O6S2/c1-38-9-7-18(29-22(33)16(26)11-14-13-28-17-6-4-3-5-15(14)17)23(34)30-19(8-10-39-2)24(35)31-20(25(36)37)12-21(27)32/h3-6,13,16,18-20,28H,7-12,26H2,1-2H3,(H2,27,32)(H,29,33)(H,30,34)(H,31,35)(H,36,37). The van der Waals surface area contributed by atoms with E-state index >= 15 is 0 Å². The van der Waals surface area contributed by atoms with Gasteiger partial charge in [-0.15, -0.1) is 0 Å². The van der Waals surface area contributed by atoms with Crippen LogP contribution in [-0.2, 0) is 30.4 Å². The van der Waals surface area contributed by atoms with E-state index in [2.05, 4.69) is 20.9 Å². The van der Waals surface area contributed by atoms with Crippen molar-refractivity contribution in [1.82, 2.24) is 20.9 Å². The number of carbonyl (C=O) groups excluding carboxylic acids is 4. The number of para-hydroxylation sites is 1. The number of aromatic nitrogens is 1. The zero-order chi connectivity index (χ0) is 28.9. The van der Waals surface area contributed by atoms with E-state index in [-0.39, 0.29) is 19.3 Å². The van der Waals surface area contributed by atoms with Crippen molar-refractivity contribution in [3.8, 4) is 0 Å². The summed E-state index contributed by atoms with van der Waals surface area (Å²) >= 11 is 2.92. The highest BCUT2D eigenvalue weighted by Gasteiger charge is 2.30. The van der Waals surface area contributed by atoms with Crippen LogP contribution in [0, 0.1) is 0 Å². The summed E-state index contributed by atoms with van der Waals surface area (Å²) in [5.74, 6) is -3.15. The van der Waals surface area contributed by atoms with Gasteiger partial charge in [-0.25, -0.2) is 4.79 Å². The van der Waals surface area contributed by atoms with Crippen LogP contribution in [0.5, 0.6) is 0 Å². The molecule has 0 aliphatic carbocycles. The number of aliphatic carboxylic acids is 1. The molecule has 14 heteroatoms. The van der Waals surface area contributed by atoms with Crippen molar-refractivity contribution >= 4 is 64.0 Å². The summed E-state index contributed by atoms with van der Waals surface area (Å²) in [7, 11) is 0. The summed E-state index contributed by atoms with van der Waals surface area (Å²) in [5, 5.41) is 17.9. The van der Waals surface area contributed by atoms with Gasteiger partial charge in [0.1, 0.15) is 18.1 Å². The predicted octanol–water partition coefficient (Wildman–Crippen LogP) is -0.0417. The van der Waals surface area contributed by atoms with Gasteiger partial charge in [-0.3, -0.25) is 19.2 Å². The Kier molecular flexibility index (Phi) is 13.1. The van der Waals surface area contributed by atoms with Crippen LogP contribution in [0.2, 0.25) is 0 Å². The van der Waals surface area contributed by atoms with E-state index in [1.807, 2.05) is 36.8 Å². The van der Waals surface area contributed by atoms with Crippen molar-refractivity contribution in [2.45, 2.75) is 49.9 Å². The Bertz CT molecular complexity index is 1160. The molecule has 2 aromatic rings.